The molecule has 0 saturated carbocycles. The van der Waals surface area contributed by atoms with Gasteiger partial charge in [-0.1, -0.05) is 449 Å². The standard InChI is InChI=1S/2C50H33N.C46H31N/c1-4-12-45-37(9-1)16-18-39-20-22-41(32-48(39)45)34-24-28-43(29-25-34)51(50-15-7-11-36-8-3-6-14-47(36)50)44-30-26-35(27-31-44)42-23-21-40-19-17-38-10-2-5-13-46(38)49(40)33-42;1-2-10-41-31-46(30-25-34(41)7-1)51(44-26-21-35(22-27-44)42-19-17-39-15-13-37-8-3-5-11-47(37)49(39)32-42)45-28-23-36(24-29-45)43-20-18-40-16-14-38-9-4-6-12-48(38)50(40)33-43;1-2-10-40(11-3-1)47(41-26-22-32(23-27-41)38-20-18-36-16-14-34-8-4-6-12-43(34)45(36)30-38)42-28-24-33(25-29-42)39-21-19-37-17-15-35-9-5-7-13-44(35)46(37)31-39/h2*1-33H;1-31H. The Morgan fingerprint density at radius 3 is 0.517 bits per heavy atom. The molecular weight excluding hydrogens is 1800 g/mol. The first-order valence-electron chi connectivity index (χ1n) is 51.3. The summed E-state index contributed by atoms with van der Waals surface area (Å²) in [5.74, 6) is 0. The van der Waals surface area contributed by atoms with Crippen molar-refractivity contribution in [1.29, 1.82) is 0 Å². The van der Waals surface area contributed by atoms with Crippen LogP contribution in [0, 0.1) is 0 Å². The van der Waals surface area contributed by atoms with Crippen LogP contribution in [0.1, 0.15) is 0 Å². The third-order valence-corrected chi connectivity index (χ3v) is 30.2. The fourth-order valence-electron chi connectivity index (χ4n) is 22.5. The van der Waals surface area contributed by atoms with Crippen molar-refractivity contribution in [2.45, 2.75) is 0 Å². The maximum absolute atomic E-state index is 2.39. The summed E-state index contributed by atoms with van der Waals surface area (Å²) in [4.78, 5) is 7.08. The Morgan fingerprint density at radius 1 is 0.0805 bits per heavy atom. The highest BCUT2D eigenvalue weighted by Crippen LogP contribution is 2.47. The van der Waals surface area contributed by atoms with Crippen molar-refractivity contribution < 1.29 is 0 Å². The average molecular weight is 1890 g/mol. The smallest absolute Gasteiger partial charge is 0.0540 e. The fourth-order valence-corrected chi connectivity index (χ4v) is 22.5. The highest BCUT2D eigenvalue weighted by molar-refractivity contribution is 6.15. The molecular formula is C146H97N3. The van der Waals surface area contributed by atoms with E-state index in [4.69, 9.17) is 0 Å². The van der Waals surface area contributed by atoms with Gasteiger partial charge in [0, 0.05) is 50.9 Å². The molecule has 3 nitrogen and oxygen atoms in total. The largest absolute Gasteiger partial charge is 0.311 e. The van der Waals surface area contributed by atoms with Gasteiger partial charge >= 0.3 is 0 Å². The second-order valence-corrected chi connectivity index (χ2v) is 39.0. The molecule has 0 N–H and O–H groups in total. The Labute approximate surface area is 865 Å². The summed E-state index contributed by atoms with van der Waals surface area (Å²) in [6, 6.07) is 214. The average Bonchev–Trinajstić information content (AvgIpc) is 0.779. The van der Waals surface area contributed by atoms with Gasteiger partial charge in [0.15, 0.2) is 0 Å². The monoisotopic (exact) mass is 1890 g/mol. The van der Waals surface area contributed by atoms with Crippen LogP contribution in [0.4, 0.5) is 51.2 Å². The van der Waals surface area contributed by atoms with Gasteiger partial charge in [-0.2, -0.15) is 0 Å². The van der Waals surface area contributed by atoms with Crippen molar-refractivity contribution in [3.8, 4) is 66.8 Å². The number of hydrogen-bond acceptors (Lipinski definition) is 3. The molecule has 0 radical (unpaired) electrons. The van der Waals surface area contributed by atoms with Gasteiger partial charge in [-0.15, -0.1) is 0 Å². The molecule has 0 aliphatic rings. The molecule has 0 bridgehead atoms. The summed E-state index contributed by atoms with van der Waals surface area (Å²) >= 11 is 0. The van der Waals surface area contributed by atoms with Crippen molar-refractivity contribution >= 4 is 202 Å². The lowest BCUT2D eigenvalue weighted by Gasteiger charge is -2.27. The normalized spacial score (nSPS) is 11.5. The Kier molecular flexibility index (Phi) is 22.7. The summed E-state index contributed by atoms with van der Waals surface area (Å²) in [7, 11) is 0. The predicted octanol–water partition coefficient (Wildman–Crippen LogP) is 41.6. The van der Waals surface area contributed by atoms with E-state index in [1.54, 1.807) is 0 Å². The SMILES string of the molecule is c1ccc(N(c2ccc(-c3ccc4ccc5ccccc5c4c3)cc2)c2ccc(-c3ccc4ccc5ccccc5c4c3)cc2)cc1.c1ccc2c(N(c3ccc(-c4ccc5ccc6ccccc6c5c4)cc3)c3ccc(-c4ccc5ccc6ccccc6c5c4)cc3)cccc2c1.c1ccc2cc(N(c3ccc(-c4ccc5ccc6ccccc6c5c4)cc3)c3ccc(-c4ccc5ccc6ccccc6c5c4)cc3)ccc2c1. The topological polar surface area (TPSA) is 9.72 Å². The van der Waals surface area contributed by atoms with Crippen molar-refractivity contribution in [3.05, 3.63) is 588 Å². The summed E-state index contributed by atoms with van der Waals surface area (Å²) in [6.07, 6.45) is 0. The highest BCUT2D eigenvalue weighted by atomic mass is 15.2. The first kappa shape index (κ1) is 88.4. The lowest BCUT2D eigenvalue weighted by atomic mass is 9.96. The minimum absolute atomic E-state index is 1.12. The maximum Gasteiger partial charge on any atom is 0.0540 e. The molecule has 696 valence electrons. The Balaban J connectivity index is 0.000000110. The zero-order chi connectivity index (χ0) is 98.6. The highest BCUT2D eigenvalue weighted by Gasteiger charge is 2.22. The van der Waals surface area contributed by atoms with Crippen molar-refractivity contribution in [2.75, 3.05) is 14.7 Å². The van der Waals surface area contributed by atoms with Crippen molar-refractivity contribution in [2.24, 2.45) is 0 Å². The molecule has 0 aliphatic heterocycles. The minimum Gasteiger partial charge on any atom is -0.311 e. The van der Waals surface area contributed by atoms with Crippen LogP contribution >= 0.6 is 0 Å². The molecule has 0 amide bonds. The Bertz CT molecular complexity index is 9710. The van der Waals surface area contributed by atoms with Gasteiger partial charge in [-0.3, -0.25) is 0 Å². The number of benzene rings is 29. The van der Waals surface area contributed by atoms with E-state index in [-0.39, 0.29) is 0 Å². The van der Waals surface area contributed by atoms with E-state index in [0.29, 0.717) is 0 Å². The van der Waals surface area contributed by atoms with E-state index in [1.165, 1.54) is 218 Å². The first-order chi connectivity index (χ1) is 73.8. The van der Waals surface area contributed by atoms with Crippen LogP contribution in [0.2, 0.25) is 0 Å². The number of anilines is 9. The Morgan fingerprint density at radius 2 is 0.248 bits per heavy atom. The van der Waals surface area contributed by atoms with E-state index in [0.717, 1.165) is 51.2 Å². The van der Waals surface area contributed by atoms with E-state index >= 15 is 0 Å². The molecule has 29 rings (SSSR count). The minimum atomic E-state index is 1.12. The molecule has 0 atom stereocenters. The van der Waals surface area contributed by atoms with Gasteiger partial charge < -0.3 is 14.7 Å². The predicted molar refractivity (Wildman–Crippen MR) is 641 cm³/mol. The van der Waals surface area contributed by atoms with Crippen LogP contribution in [0.25, 0.3) is 218 Å². The zero-order valence-corrected chi connectivity index (χ0v) is 81.8. The quantitative estimate of drug-likeness (QED) is 0.0947. The molecule has 149 heavy (non-hydrogen) atoms. The van der Waals surface area contributed by atoms with Gasteiger partial charge in [0.2, 0.25) is 0 Å². The number of fused-ring (bicyclic) bond motifs is 20. The van der Waals surface area contributed by atoms with Gasteiger partial charge in [0.1, 0.15) is 0 Å². The van der Waals surface area contributed by atoms with Crippen LogP contribution in [-0.4, -0.2) is 0 Å². The third kappa shape index (κ3) is 17.0. The number of hydrogen-bond donors (Lipinski definition) is 0. The van der Waals surface area contributed by atoms with Gasteiger partial charge in [-0.25, -0.2) is 0 Å². The summed E-state index contributed by atoms with van der Waals surface area (Å²) in [5.41, 5.74) is 24.6. The van der Waals surface area contributed by atoms with Crippen LogP contribution in [0.15, 0.2) is 588 Å². The molecule has 0 saturated heterocycles. The van der Waals surface area contributed by atoms with Crippen molar-refractivity contribution in [1.82, 2.24) is 0 Å². The van der Waals surface area contributed by atoms with E-state index in [1.807, 2.05) is 0 Å². The number of para-hydroxylation sites is 1. The lowest BCUT2D eigenvalue weighted by molar-refractivity contribution is 1.28. The van der Waals surface area contributed by atoms with Gasteiger partial charge in [-0.05, 0) is 352 Å². The zero-order valence-electron chi connectivity index (χ0n) is 81.8. The molecule has 3 heteroatoms. The summed E-state index contributed by atoms with van der Waals surface area (Å²) in [6.45, 7) is 0. The Hall–Kier alpha value is -19.6. The lowest BCUT2D eigenvalue weighted by Crippen LogP contribution is -2.10. The molecule has 0 aromatic heterocycles. The first-order valence-corrected chi connectivity index (χ1v) is 51.3. The van der Waals surface area contributed by atoms with Crippen LogP contribution in [0.3, 0.4) is 0 Å². The summed E-state index contributed by atoms with van der Waals surface area (Å²) < 4.78 is 0. The number of nitrogens with zero attached hydrogens (tertiary/aromatic N) is 3. The van der Waals surface area contributed by atoms with E-state index in [2.05, 4.69) is 603 Å². The van der Waals surface area contributed by atoms with E-state index < -0.39 is 0 Å². The molecule has 0 spiro atoms. The van der Waals surface area contributed by atoms with Crippen LogP contribution in [0.5, 0.6) is 0 Å². The molecule has 0 heterocycles. The van der Waals surface area contributed by atoms with Crippen LogP contribution in [-0.2, 0) is 0 Å². The summed E-state index contributed by atoms with van der Waals surface area (Å²) in [5, 5.41) is 35.5. The maximum atomic E-state index is 2.39. The molecule has 29 aromatic carbocycles. The third-order valence-electron chi connectivity index (χ3n) is 30.2. The second kappa shape index (κ2) is 38.3. The van der Waals surface area contributed by atoms with E-state index in [9.17, 15) is 0 Å². The van der Waals surface area contributed by atoms with Gasteiger partial charge in [0.25, 0.3) is 0 Å². The molecule has 29 aromatic rings. The van der Waals surface area contributed by atoms with Gasteiger partial charge in [0.05, 0.1) is 5.69 Å². The molecule has 0 fully saturated rings. The molecule has 0 unspecified atom stereocenters. The number of rotatable bonds is 15. The fraction of sp³-hybridized carbons (Fsp3) is 0. The van der Waals surface area contributed by atoms with Crippen molar-refractivity contribution in [3.63, 3.8) is 0 Å². The second-order valence-electron chi connectivity index (χ2n) is 39.0. The van der Waals surface area contributed by atoms with Crippen LogP contribution < -0.4 is 14.7 Å². The molecule has 0 aliphatic carbocycles.